The van der Waals surface area contributed by atoms with E-state index in [1.807, 2.05) is 6.07 Å². The van der Waals surface area contributed by atoms with Crippen LogP contribution in [0.5, 0.6) is 5.75 Å². The van der Waals surface area contributed by atoms with Crippen molar-refractivity contribution < 1.29 is 14.4 Å². The van der Waals surface area contributed by atoms with Crippen LogP contribution < -0.4 is 4.74 Å². The van der Waals surface area contributed by atoms with E-state index in [1.165, 1.54) is 11.6 Å². The van der Waals surface area contributed by atoms with Crippen LogP contribution in [0.15, 0.2) is 23.8 Å². The Hall–Kier alpha value is -1.92. The van der Waals surface area contributed by atoms with Crippen molar-refractivity contribution in [3.05, 3.63) is 39.4 Å². The van der Waals surface area contributed by atoms with Crippen molar-refractivity contribution in [2.45, 2.75) is 57.5 Å². The molecule has 2 heterocycles. The van der Waals surface area contributed by atoms with Crippen molar-refractivity contribution in [2.75, 3.05) is 13.1 Å². The highest BCUT2D eigenvalue weighted by Gasteiger charge is 2.49. The van der Waals surface area contributed by atoms with Gasteiger partial charge in [-0.05, 0) is 44.8 Å². The van der Waals surface area contributed by atoms with E-state index < -0.39 is 5.72 Å². The van der Waals surface area contributed by atoms with Crippen molar-refractivity contribution in [3.8, 4) is 5.75 Å². The van der Waals surface area contributed by atoms with Crippen LogP contribution in [0.25, 0.3) is 6.08 Å². The van der Waals surface area contributed by atoms with Gasteiger partial charge in [0, 0.05) is 31.1 Å². The van der Waals surface area contributed by atoms with Gasteiger partial charge in [0.1, 0.15) is 0 Å². The summed E-state index contributed by atoms with van der Waals surface area (Å²) in [5.41, 5.74) is 1.54. The van der Waals surface area contributed by atoms with Crippen molar-refractivity contribution in [2.24, 2.45) is 0 Å². The van der Waals surface area contributed by atoms with Gasteiger partial charge in [0.05, 0.1) is 17.1 Å². The topological polar surface area (TPSA) is 64.8 Å². The molecular formula is C19H24N2O4. The van der Waals surface area contributed by atoms with Gasteiger partial charge < -0.3 is 9.47 Å². The standard InChI is InChI=1S/C19H24N2O4/c1-13-11-20(12-14(2)24-13)19-9-4-3-7-16(19)10-15-6-5-8-17(21(22)23)18(15)25-19/h5-6,8,10,13-14H,3-4,7,9,11-12H2,1-2H3. The van der Waals surface area contributed by atoms with Gasteiger partial charge in [-0.1, -0.05) is 12.1 Å². The molecule has 6 heteroatoms. The van der Waals surface area contributed by atoms with Gasteiger partial charge in [-0.2, -0.15) is 0 Å². The highest BCUT2D eigenvalue weighted by Crippen LogP contribution is 2.48. The minimum atomic E-state index is -0.566. The third-order valence-electron chi connectivity index (χ3n) is 5.47. The molecule has 0 bridgehead atoms. The molecule has 1 aromatic carbocycles. The molecule has 3 unspecified atom stereocenters. The van der Waals surface area contributed by atoms with Crippen LogP contribution in [0.2, 0.25) is 0 Å². The normalized spacial score (nSPS) is 32.2. The third-order valence-corrected chi connectivity index (χ3v) is 5.47. The molecule has 1 aromatic rings. The van der Waals surface area contributed by atoms with Crippen LogP contribution in [0.4, 0.5) is 5.69 Å². The minimum absolute atomic E-state index is 0.0482. The highest BCUT2D eigenvalue weighted by atomic mass is 16.6. The van der Waals surface area contributed by atoms with Gasteiger partial charge >= 0.3 is 5.69 Å². The Kier molecular flexibility index (Phi) is 4.04. The number of hydrogen-bond acceptors (Lipinski definition) is 5. The van der Waals surface area contributed by atoms with Crippen LogP contribution in [-0.4, -0.2) is 40.8 Å². The van der Waals surface area contributed by atoms with Crippen molar-refractivity contribution in [3.63, 3.8) is 0 Å². The van der Waals surface area contributed by atoms with E-state index in [1.54, 1.807) is 6.07 Å². The second-order valence-corrected chi connectivity index (χ2v) is 7.38. The van der Waals surface area contributed by atoms with E-state index in [9.17, 15) is 10.1 Å². The van der Waals surface area contributed by atoms with Gasteiger partial charge in [-0.3, -0.25) is 15.0 Å². The molecule has 0 N–H and O–H groups in total. The molecule has 3 atom stereocenters. The molecular weight excluding hydrogens is 320 g/mol. The Morgan fingerprint density at radius 2 is 2.00 bits per heavy atom. The summed E-state index contributed by atoms with van der Waals surface area (Å²) < 4.78 is 12.4. The lowest BCUT2D eigenvalue weighted by molar-refractivity contribution is -0.386. The first-order valence-electron chi connectivity index (χ1n) is 9.07. The number of benzene rings is 1. The van der Waals surface area contributed by atoms with Crippen molar-refractivity contribution in [1.29, 1.82) is 0 Å². The van der Waals surface area contributed by atoms with Crippen molar-refractivity contribution >= 4 is 11.8 Å². The molecule has 1 saturated heterocycles. The minimum Gasteiger partial charge on any atom is -0.461 e. The van der Waals surface area contributed by atoms with Crippen LogP contribution in [0, 0.1) is 10.1 Å². The zero-order valence-corrected chi connectivity index (χ0v) is 14.7. The molecule has 3 aliphatic rings. The van der Waals surface area contributed by atoms with E-state index in [4.69, 9.17) is 9.47 Å². The van der Waals surface area contributed by atoms with Crippen LogP contribution in [0.3, 0.4) is 0 Å². The average molecular weight is 344 g/mol. The quantitative estimate of drug-likeness (QED) is 0.604. The number of hydrogen-bond donors (Lipinski definition) is 0. The predicted octanol–water partition coefficient (Wildman–Crippen LogP) is 3.75. The summed E-state index contributed by atoms with van der Waals surface area (Å²) in [5.74, 6) is 0.407. The monoisotopic (exact) mass is 344 g/mol. The summed E-state index contributed by atoms with van der Waals surface area (Å²) in [6, 6.07) is 5.16. The predicted molar refractivity (Wildman–Crippen MR) is 94.5 cm³/mol. The molecule has 1 aliphatic carbocycles. The SMILES string of the molecule is CC1CN(C23CCCCC2=Cc2cccc([N+](=O)[O-])c2O3)CC(C)O1. The molecule has 0 radical (unpaired) electrons. The number of nitro benzene ring substituents is 1. The molecule has 1 saturated carbocycles. The molecule has 25 heavy (non-hydrogen) atoms. The molecule has 134 valence electrons. The number of nitrogens with zero attached hydrogens (tertiary/aromatic N) is 2. The number of para-hydroxylation sites is 1. The number of ether oxygens (including phenoxy) is 2. The second kappa shape index (κ2) is 6.11. The fourth-order valence-electron chi connectivity index (χ4n) is 4.50. The second-order valence-electron chi connectivity index (χ2n) is 7.38. The van der Waals surface area contributed by atoms with E-state index >= 15 is 0 Å². The maximum Gasteiger partial charge on any atom is 0.311 e. The zero-order valence-electron chi connectivity index (χ0n) is 14.7. The van der Waals surface area contributed by atoms with E-state index in [0.29, 0.717) is 5.75 Å². The fourth-order valence-corrected chi connectivity index (χ4v) is 4.50. The first-order valence-corrected chi connectivity index (χ1v) is 9.07. The van der Waals surface area contributed by atoms with Gasteiger partial charge in [0.2, 0.25) is 5.75 Å². The van der Waals surface area contributed by atoms with E-state index in [-0.39, 0.29) is 22.8 Å². The summed E-state index contributed by atoms with van der Waals surface area (Å²) in [6.45, 7) is 5.70. The molecule has 2 fully saturated rings. The number of rotatable bonds is 2. The van der Waals surface area contributed by atoms with E-state index in [2.05, 4.69) is 24.8 Å². The summed E-state index contributed by atoms with van der Waals surface area (Å²) in [7, 11) is 0. The molecule has 4 rings (SSSR count). The Balaban J connectivity index is 1.80. The summed E-state index contributed by atoms with van der Waals surface area (Å²) in [4.78, 5) is 13.5. The highest BCUT2D eigenvalue weighted by molar-refractivity contribution is 5.70. The van der Waals surface area contributed by atoms with E-state index in [0.717, 1.165) is 44.3 Å². The van der Waals surface area contributed by atoms with Crippen LogP contribution in [-0.2, 0) is 4.74 Å². The van der Waals surface area contributed by atoms with Gasteiger partial charge in [0.15, 0.2) is 5.72 Å². The van der Waals surface area contributed by atoms with Gasteiger partial charge in [0.25, 0.3) is 0 Å². The largest absolute Gasteiger partial charge is 0.461 e. The average Bonchev–Trinajstić information content (AvgIpc) is 2.58. The van der Waals surface area contributed by atoms with Crippen LogP contribution >= 0.6 is 0 Å². The van der Waals surface area contributed by atoms with Crippen molar-refractivity contribution in [1.82, 2.24) is 4.90 Å². The van der Waals surface area contributed by atoms with Crippen LogP contribution in [0.1, 0.15) is 45.1 Å². The third kappa shape index (κ3) is 2.73. The molecule has 2 aliphatic heterocycles. The molecule has 0 amide bonds. The Labute approximate surface area is 147 Å². The molecule has 0 spiro atoms. The molecule has 6 nitrogen and oxygen atoms in total. The maximum absolute atomic E-state index is 11.5. The number of nitro groups is 1. The smallest absolute Gasteiger partial charge is 0.311 e. The van der Waals surface area contributed by atoms with Gasteiger partial charge in [-0.25, -0.2) is 0 Å². The van der Waals surface area contributed by atoms with Gasteiger partial charge in [-0.15, -0.1) is 0 Å². The lowest BCUT2D eigenvalue weighted by Gasteiger charge is -2.52. The number of morpholine rings is 1. The first-order chi connectivity index (χ1) is 12.0. The Morgan fingerprint density at radius 1 is 1.24 bits per heavy atom. The fraction of sp³-hybridized carbons (Fsp3) is 0.579. The first kappa shape index (κ1) is 16.5. The Bertz CT molecular complexity index is 722. The summed E-state index contributed by atoms with van der Waals surface area (Å²) in [5, 5.41) is 11.5. The Morgan fingerprint density at radius 3 is 2.72 bits per heavy atom. The summed E-state index contributed by atoms with van der Waals surface area (Å²) in [6.07, 6.45) is 6.40. The molecule has 0 aromatic heterocycles. The maximum atomic E-state index is 11.5. The number of fused-ring (bicyclic) bond motifs is 2. The lowest BCUT2D eigenvalue weighted by atomic mass is 9.81. The summed E-state index contributed by atoms with van der Waals surface area (Å²) >= 11 is 0. The zero-order chi connectivity index (χ0) is 17.6. The lowest BCUT2D eigenvalue weighted by Crippen LogP contribution is -2.62.